The summed E-state index contributed by atoms with van der Waals surface area (Å²) in [7, 11) is 1.92. The Morgan fingerprint density at radius 3 is 2.30 bits per heavy atom. The predicted molar refractivity (Wildman–Crippen MR) is 83.8 cm³/mol. The number of hydrogen-bond acceptors (Lipinski definition) is 3. The van der Waals surface area contributed by atoms with E-state index >= 15 is 0 Å². The molecule has 2 N–H and O–H groups in total. The van der Waals surface area contributed by atoms with Crippen molar-refractivity contribution in [3.05, 3.63) is 44.7 Å². The molecule has 0 aliphatic rings. The molecule has 0 saturated heterocycles. The van der Waals surface area contributed by atoms with Gasteiger partial charge in [0.1, 0.15) is 12.4 Å². The van der Waals surface area contributed by atoms with Gasteiger partial charge in [-0.05, 0) is 53.4 Å². The molecule has 0 aliphatic carbocycles. The van der Waals surface area contributed by atoms with Crippen molar-refractivity contribution in [1.29, 1.82) is 0 Å². The van der Waals surface area contributed by atoms with Gasteiger partial charge in [-0.3, -0.25) is 4.68 Å². The van der Waals surface area contributed by atoms with Crippen LogP contribution in [0.2, 0.25) is 0 Å². The number of ether oxygens (including phenoxy) is 1. The van der Waals surface area contributed by atoms with Crippen LogP contribution in [0, 0.1) is 20.8 Å². The highest BCUT2D eigenvalue weighted by atomic mass is 79.9. The minimum atomic E-state index is 0.488. The van der Waals surface area contributed by atoms with Crippen LogP contribution < -0.4 is 10.5 Å². The summed E-state index contributed by atoms with van der Waals surface area (Å²) < 4.78 is 8.85. The molecule has 1 aromatic carbocycles. The lowest BCUT2D eigenvalue weighted by atomic mass is 10.1. The van der Waals surface area contributed by atoms with Crippen molar-refractivity contribution in [2.45, 2.75) is 33.9 Å². The maximum atomic E-state index is 6.00. The minimum absolute atomic E-state index is 0.488. The summed E-state index contributed by atoms with van der Waals surface area (Å²) in [6, 6.07) is 4.15. The standard InChI is InChI=1S/C15H20BrN3O/c1-9-5-12(7-17)6-10(2)15(9)20-8-13-14(16)11(3)18-19(13)4/h5-6H,7-8,17H2,1-4H3. The number of hydrogen-bond donors (Lipinski definition) is 1. The zero-order valence-electron chi connectivity index (χ0n) is 12.3. The van der Waals surface area contributed by atoms with E-state index < -0.39 is 0 Å². The van der Waals surface area contributed by atoms with E-state index in [1.165, 1.54) is 0 Å². The van der Waals surface area contributed by atoms with Crippen molar-refractivity contribution in [1.82, 2.24) is 9.78 Å². The van der Waals surface area contributed by atoms with E-state index in [1.807, 2.05) is 32.5 Å². The van der Waals surface area contributed by atoms with Gasteiger partial charge in [-0.2, -0.15) is 5.10 Å². The Hall–Kier alpha value is -1.33. The number of nitrogens with zero attached hydrogens (tertiary/aromatic N) is 2. The highest BCUT2D eigenvalue weighted by molar-refractivity contribution is 9.10. The zero-order chi connectivity index (χ0) is 14.9. The van der Waals surface area contributed by atoms with E-state index in [2.05, 4.69) is 33.2 Å². The molecule has 0 saturated carbocycles. The Bertz CT molecular complexity index is 611. The normalized spacial score (nSPS) is 10.9. The topological polar surface area (TPSA) is 53.1 Å². The fraction of sp³-hybridized carbons (Fsp3) is 0.400. The maximum Gasteiger partial charge on any atom is 0.131 e. The Balaban J connectivity index is 2.23. The quantitative estimate of drug-likeness (QED) is 0.932. The number of aryl methyl sites for hydroxylation is 4. The lowest BCUT2D eigenvalue weighted by molar-refractivity contribution is 0.290. The van der Waals surface area contributed by atoms with Gasteiger partial charge in [0.15, 0.2) is 0 Å². The first-order valence-corrected chi connectivity index (χ1v) is 7.34. The van der Waals surface area contributed by atoms with Crippen molar-refractivity contribution < 1.29 is 4.74 Å². The molecule has 0 atom stereocenters. The van der Waals surface area contributed by atoms with E-state index in [-0.39, 0.29) is 0 Å². The van der Waals surface area contributed by atoms with E-state index in [1.54, 1.807) is 0 Å². The van der Waals surface area contributed by atoms with Crippen LogP contribution in [0.4, 0.5) is 0 Å². The fourth-order valence-corrected chi connectivity index (χ4v) is 2.81. The maximum absolute atomic E-state index is 6.00. The van der Waals surface area contributed by atoms with Crippen molar-refractivity contribution in [2.75, 3.05) is 0 Å². The fourth-order valence-electron chi connectivity index (χ4n) is 2.36. The number of halogens is 1. The monoisotopic (exact) mass is 337 g/mol. The van der Waals surface area contributed by atoms with Crippen LogP contribution in [0.3, 0.4) is 0 Å². The van der Waals surface area contributed by atoms with Gasteiger partial charge < -0.3 is 10.5 Å². The molecule has 2 aromatic rings. The van der Waals surface area contributed by atoms with Crippen LogP contribution in [0.1, 0.15) is 28.1 Å². The zero-order valence-corrected chi connectivity index (χ0v) is 13.9. The van der Waals surface area contributed by atoms with E-state index in [4.69, 9.17) is 10.5 Å². The largest absolute Gasteiger partial charge is 0.487 e. The van der Waals surface area contributed by atoms with Crippen molar-refractivity contribution >= 4 is 15.9 Å². The SMILES string of the molecule is Cc1cc(CN)cc(C)c1OCc1c(Br)c(C)nn1C. The van der Waals surface area contributed by atoms with E-state index in [9.17, 15) is 0 Å². The molecule has 0 unspecified atom stereocenters. The lowest BCUT2D eigenvalue weighted by Gasteiger charge is -2.14. The molecule has 108 valence electrons. The summed E-state index contributed by atoms with van der Waals surface area (Å²) in [6.45, 7) is 7.10. The highest BCUT2D eigenvalue weighted by Crippen LogP contribution is 2.27. The van der Waals surface area contributed by atoms with E-state index in [0.29, 0.717) is 13.2 Å². The van der Waals surface area contributed by atoms with Gasteiger partial charge in [0.25, 0.3) is 0 Å². The van der Waals surface area contributed by atoms with Gasteiger partial charge in [-0.25, -0.2) is 0 Å². The molecule has 0 fully saturated rings. The number of nitrogens with two attached hydrogens (primary N) is 1. The molecular formula is C15H20BrN3O. The van der Waals surface area contributed by atoms with Crippen molar-refractivity contribution in [3.63, 3.8) is 0 Å². The first-order valence-electron chi connectivity index (χ1n) is 6.55. The summed E-state index contributed by atoms with van der Waals surface area (Å²) in [5.41, 5.74) is 11.0. The second-order valence-electron chi connectivity index (χ2n) is 5.02. The van der Waals surface area contributed by atoms with Gasteiger partial charge in [-0.15, -0.1) is 0 Å². The first-order chi connectivity index (χ1) is 9.43. The van der Waals surface area contributed by atoms with Crippen LogP contribution >= 0.6 is 15.9 Å². The molecule has 0 amide bonds. The van der Waals surface area contributed by atoms with Crippen LogP contribution in [-0.4, -0.2) is 9.78 Å². The summed E-state index contributed by atoms with van der Waals surface area (Å²) in [5.74, 6) is 0.924. The summed E-state index contributed by atoms with van der Waals surface area (Å²) in [6.07, 6.45) is 0. The third-order valence-corrected chi connectivity index (χ3v) is 4.40. The molecule has 0 spiro atoms. The lowest BCUT2D eigenvalue weighted by Crippen LogP contribution is -2.06. The second kappa shape index (κ2) is 5.97. The van der Waals surface area contributed by atoms with E-state index in [0.717, 1.165) is 38.3 Å². The number of aromatic nitrogens is 2. The molecule has 0 radical (unpaired) electrons. The summed E-state index contributed by atoms with van der Waals surface area (Å²) in [4.78, 5) is 0. The van der Waals surface area contributed by atoms with Gasteiger partial charge in [0.2, 0.25) is 0 Å². The molecule has 20 heavy (non-hydrogen) atoms. The Kier molecular flexibility index (Phi) is 4.50. The Morgan fingerprint density at radius 2 is 1.85 bits per heavy atom. The number of rotatable bonds is 4. The molecule has 0 bridgehead atoms. The summed E-state index contributed by atoms with van der Waals surface area (Å²) in [5, 5.41) is 4.37. The van der Waals surface area contributed by atoms with Crippen LogP contribution in [0.25, 0.3) is 0 Å². The smallest absolute Gasteiger partial charge is 0.131 e. The highest BCUT2D eigenvalue weighted by Gasteiger charge is 2.13. The van der Waals surface area contributed by atoms with Crippen LogP contribution in [0.5, 0.6) is 5.75 Å². The number of benzene rings is 1. The third kappa shape index (κ3) is 2.88. The van der Waals surface area contributed by atoms with Gasteiger partial charge in [0.05, 0.1) is 15.9 Å². The van der Waals surface area contributed by atoms with Gasteiger partial charge >= 0.3 is 0 Å². The van der Waals surface area contributed by atoms with Crippen LogP contribution in [0.15, 0.2) is 16.6 Å². The Labute approximate surface area is 128 Å². The molecular weight excluding hydrogens is 318 g/mol. The molecule has 0 aliphatic heterocycles. The molecule has 5 heteroatoms. The van der Waals surface area contributed by atoms with Crippen molar-refractivity contribution in [2.24, 2.45) is 12.8 Å². The minimum Gasteiger partial charge on any atom is -0.487 e. The van der Waals surface area contributed by atoms with Gasteiger partial charge in [-0.1, -0.05) is 12.1 Å². The average Bonchev–Trinajstić information content (AvgIpc) is 2.63. The predicted octanol–water partition coefficient (Wildman–Crippen LogP) is 3.15. The molecule has 4 nitrogen and oxygen atoms in total. The summed E-state index contributed by atoms with van der Waals surface area (Å²) >= 11 is 3.55. The van der Waals surface area contributed by atoms with Gasteiger partial charge in [0, 0.05) is 13.6 Å². The first kappa shape index (κ1) is 15.1. The molecule has 1 aromatic heterocycles. The average molecular weight is 338 g/mol. The van der Waals surface area contributed by atoms with Crippen molar-refractivity contribution in [3.8, 4) is 5.75 Å². The Morgan fingerprint density at radius 1 is 1.25 bits per heavy atom. The third-order valence-electron chi connectivity index (χ3n) is 3.37. The molecule has 2 rings (SSSR count). The second-order valence-corrected chi connectivity index (χ2v) is 5.81. The van der Waals surface area contributed by atoms with Crippen LogP contribution in [-0.2, 0) is 20.2 Å². The molecule has 1 heterocycles.